The molecule has 1 aromatic heterocycles. The standard InChI is InChI=1S/C18H13N3O3/c22-18(11-8-14-6-9-15(10-7-14)21(23)24)16-4-1-2-5-17(16)20-13-3-12-19-20/h1-13H/b11-8+. The number of non-ortho nitro benzene ring substituents is 1. The van der Waals surface area contributed by atoms with Crippen molar-refractivity contribution in [2.45, 2.75) is 0 Å². The minimum Gasteiger partial charge on any atom is -0.289 e. The van der Waals surface area contributed by atoms with E-state index in [1.165, 1.54) is 18.2 Å². The largest absolute Gasteiger partial charge is 0.289 e. The lowest BCUT2D eigenvalue weighted by atomic mass is 10.1. The summed E-state index contributed by atoms with van der Waals surface area (Å²) >= 11 is 0. The van der Waals surface area contributed by atoms with Gasteiger partial charge >= 0.3 is 0 Å². The average molecular weight is 319 g/mol. The topological polar surface area (TPSA) is 78.0 Å². The van der Waals surface area contributed by atoms with E-state index in [4.69, 9.17) is 0 Å². The van der Waals surface area contributed by atoms with Gasteiger partial charge in [0, 0.05) is 30.1 Å². The maximum atomic E-state index is 12.5. The number of hydrogen-bond acceptors (Lipinski definition) is 4. The molecule has 0 unspecified atom stereocenters. The maximum absolute atomic E-state index is 12.5. The van der Waals surface area contributed by atoms with E-state index in [0.717, 1.165) is 0 Å². The Morgan fingerprint density at radius 3 is 2.50 bits per heavy atom. The van der Waals surface area contributed by atoms with Crippen molar-refractivity contribution in [2.75, 3.05) is 0 Å². The lowest BCUT2D eigenvalue weighted by Gasteiger charge is -2.06. The number of nitro benzene ring substituents is 1. The van der Waals surface area contributed by atoms with Gasteiger partial charge in [-0.1, -0.05) is 18.2 Å². The molecule has 0 aliphatic rings. The molecule has 1 heterocycles. The third kappa shape index (κ3) is 3.27. The summed E-state index contributed by atoms with van der Waals surface area (Å²) in [6, 6.07) is 15.0. The Bertz CT molecular complexity index is 898. The molecular weight excluding hydrogens is 306 g/mol. The van der Waals surface area contributed by atoms with Crippen LogP contribution in [-0.4, -0.2) is 20.5 Å². The lowest BCUT2D eigenvalue weighted by molar-refractivity contribution is -0.384. The Morgan fingerprint density at radius 2 is 1.83 bits per heavy atom. The molecule has 0 radical (unpaired) electrons. The Balaban J connectivity index is 1.84. The van der Waals surface area contributed by atoms with Crippen LogP contribution in [0.25, 0.3) is 11.8 Å². The summed E-state index contributed by atoms with van der Waals surface area (Å²) < 4.78 is 1.63. The molecule has 3 rings (SSSR count). The minimum absolute atomic E-state index is 0.0162. The molecule has 2 aromatic carbocycles. The zero-order valence-corrected chi connectivity index (χ0v) is 12.6. The third-order valence-corrected chi connectivity index (χ3v) is 3.45. The molecule has 0 bridgehead atoms. The first-order valence-corrected chi connectivity index (χ1v) is 7.21. The van der Waals surface area contributed by atoms with Crippen LogP contribution in [0.15, 0.2) is 73.1 Å². The molecule has 0 saturated heterocycles. The summed E-state index contributed by atoms with van der Waals surface area (Å²) in [4.78, 5) is 22.7. The fourth-order valence-electron chi connectivity index (χ4n) is 2.26. The molecule has 118 valence electrons. The third-order valence-electron chi connectivity index (χ3n) is 3.45. The van der Waals surface area contributed by atoms with Crippen LogP contribution in [0.1, 0.15) is 15.9 Å². The predicted octanol–water partition coefficient (Wildman–Crippen LogP) is 3.68. The Morgan fingerprint density at radius 1 is 1.08 bits per heavy atom. The van der Waals surface area contributed by atoms with Gasteiger partial charge in [0.25, 0.3) is 5.69 Å². The van der Waals surface area contributed by atoms with Crippen LogP contribution in [0.2, 0.25) is 0 Å². The second-order valence-electron chi connectivity index (χ2n) is 5.01. The van der Waals surface area contributed by atoms with E-state index in [1.807, 2.05) is 12.1 Å². The summed E-state index contributed by atoms with van der Waals surface area (Å²) in [5.74, 6) is -0.167. The molecule has 6 heteroatoms. The number of nitrogens with zero attached hydrogens (tertiary/aromatic N) is 3. The van der Waals surface area contributed by atoms with Crippen molar-refractivity contribution in [1.29, 1.82) is 0 Å². The molecule has 3 aromatic rings. The zero-order valence-electron chi connectivity index (χ0n) is 12.6. The highest BCUT2D eigenvalue weighted by Crippen LogP contribution is 2.16. The van der Waals surface area contributed by atoms with Gasteiger partial charge in [0.1, 0.15) is 0 Å². The van der Waals surface area contributed by atoms with Gasteiger partial charge in [0.05, 0.1) is 10.6 Å². The fraction of sp³-hybridized carbons (Fsp3) is 0. The number of allylic oxidation sites excluding steroid dienone is 1. The number of rotatable bonds is 5. The average Bonchev–Trinajstić information content (AvgIpc) is 3.14. The highest BCUT2D eigenvalue weighted by Gasteiger charge is 2.10. The van der Waals surface area contributed by atoms with Gasteiger partial charge in [0.15, 0.2) is 5.78 Å². The van der Waals surface area contributed by atoms with E-state index in [-0.39, 0.29) is 11.5 Å². The molecule has 0 saturated carbocycles. The number of carbonyl (C=O) groups is 1. The molecule has 24 heavy (non-hydrogen) atoms. The Kier molecular flexibility index (Phi) is 4.29. The van der Waals surface area contributed by atoms with E-state index < -0.39 is 4.92 Å². The predicted molar refractivity (Wildman–Crippen MR) is 90.0 cm³/mol. The van der Waals surface area contributed by atoms with Crippen LogP contribution in [-0.2, 0) is 0 Å². The van der Waals surface area contributed by atoms with Gasteiger partial charge in [-0.15, -0.1) is 0 Å². The van der Waals surface area contributed by atoms with Crippen LogP contribution in [0.4, 0.5) is 5.69 Å². The fourth-order valence-corrected chi connectivity index (χ4v) is 2.26. The summed E-state index contributed by atoms with van der Waals surface area (Å²) in [5, 5.41) is 14.8. The summed E-state index contributed by atoms with van der Waals surface area (Å²) in [6.07, 6.45) is 6.50. The van der Waals surface area contributed by atoms with Crippen LogP contribution in [0.3, 0.4) is 0 Å². The van der Waals surface area contributed by atoms with E-state index in [2.05, 4.69) is 5.10 Å². The first-order valence-electron chi connectivity index (χ1n) is 7.21. The number of ketones is 1. The van der Waals surface area contributed by atoms with Gasteiger partial charge in [-0.3, -0.25) is 14.9 Å². The number of aromatic nitrogens is 2. The van der Waals surface area contributed by atoms with Gasteiger partial charge in [-0.05, 0) is 42.0 Å². The lowest BCUT2D eigenvalue weighted by Crippen LogP contribution is -2.04. The highest BCUT2D eigenvalue weighted by molar-refractivity contribution is 6.09. The molecule has 0 fully saturated rings. The minimum atomic E-state index is -0.459. The van der Waals surface area contributed by atoms with E-state index in [9.17, 15) is 14.9 Å². The van der Waals surface area contributed by atoms with Crippen LogP contribution >= 0.6 is 0 Å². The van der Waals surface area contributed by atoms with Crippen LogP contribution in [0.5, 0.6) is 0 Å². The molecule has 0 aliphatic carbocycles. The Labute approximate surface area is 137 Å². The Hall–Kier alpha value is -3.54. The van der Waals surface area contributed by atoms with Crippen molar-refractivity contribution < 1.29 is 9.72 Å². The molecular formula is C18H13N3O3. The number of hydrogen-bond donors (Lipinski definition) is 0. The van der Waals surface area contributed by atoms with Gasteiger partial charge < -0.3 is 0 Å². The molecule has 6 nitrogen and oxygen atoms in total. The van der Waals surface area contributed by atoms with Crippen molar-refractivity contribution in [1.82, 2.24) is 9.78 Å². The quantitative estimate of drug-likeness (QED) is 0.311. The molecule has 0 N–H and O–H groups in total. The van der Waals surface area contributed by atoms with Gasteiger partial charge in [-0.25, -0.2) is 4.68 Å². The first-order chi connectivity index (χ1) is 11.6. The van der Waals surface area contributed by atoms with Crippen LogP contribution in [0, 0.1) is 10.1 Å². The number of benzene rings is 2. The summed E-state index contributed by atoms with van der Waals surface area (Å²) in [7, 11) is 0. The summed E-state index contributed by atoms with van der Waals surface area (Å²) in [6.45, 7) is 0. The number of carbonyl (C=O) groups excluding carboxylic acids is 1. The SMILES string of the molecule is O=C(/C=C/c1ccc([N+](=O)[O-])cc1)c1ccccc1-n1cccn1. The van der Waals surface area contributed by atoms with Crippen molar-refractivity contribution in [3.8, 4) is 5.69 Å². The van der Waals surface area contributed by atoms with Crippen molar-refractivity contribution in [3.05, 3.63) is 94.3 Å². The van der Waals surface area contributed by atoms with Crippen LogP contribution < -0.4 is 0 Å². The molecule has 0 aliphatic heterocycles. The van der Waals surface area contributed by atoms with E-state index >= 15 is 0 Å². The highest BCUT2D eigenvalue weighted by atomic mass is 16.6. The second kappa shape index (κ2) is 6.70. The molecule has 0 atom stereocenters. The number of nitro groups is 1. The van der Waals surface area contributed by atoms with Crippen molar-refractivity contribution >= 4 is 17.5 Å². The molecule has 0 amide bonds. The molecule has 0 spiro atoms. The van der Waals surface area contributed by atoms with Crippen molar-refractivity contribution in [2.24, 2.45) is 0 Å². The first kappa shape index (κ1) is 15.4. The summed E-state index contributed by atoms with van der Waals surface area (Å²) in [5.41, 5.74) is 1.95. The smallest absolute Gasteiger partial charge is 0.269 e. The van der Waals surface area contributed by atoms with Gasteiger partial charge in [-0.2, -0.15) is 5.10 Å². The normalized spacial score (nSPS) is 10.8. The zero-order chi connectivity index (χ0) is 16.9. The van der Waals surface area contributed by atoms with Crippen molar-refractivity contribution in [3.63, 3.8) is 0 Å². The number of para-hydroxylation sites is 1. The van der Waals surface area contributed by atoms with E-state index in [0.29, 0.717) is 16.8 Å². The van der Waals surface area contributed by atoms with E-state index in [1.54, 1.807) is 53.5 Å². The second-order valence-corrected chi connectivity index (χ2v) is 5.01. The monoisotopic (exact) mass is 319 g/mol. The maximum Gasteiger partial charge on any atom is 0.269 e. The van der Waals surface area contributed by atoms with Gasteiger partial charge in [0.2, 0.25) is 0 Å².